The van der Waals surface area contributed by atoms with Gasteiger partial charge >= 0.3 is 0 Å². The van der Waals surface area contributed by atoms with Gasteiger partial charge in [0, 0.05) is 24.7 Å². The first kappa shape index (κ1) is 17.7. The first-order valence-electron chi connectivity index (χ1n) is 6.57. The highest BCUT2D eigenvalue weighted by atomic mass is 35.5. The van der Waals surface area contributed by atoms with E-state index < -0.39 is 10.0 Å². The Labute approximate surface area is 131 Å². The van der Waals surface area contributed by atoms with Gasteiger partial charge in [-0.3, -0.25) is 0 Å². The first-order chi connectivity index (χ1) is 9.38. The van der Waals surface area contributed by atoms with E-state index in [2.05, 4.69) is 5.32 Å². The zero-order valence-corrected chi connectivity index (χ0v) is 14.2. The largest absolute Gasteiger partial charge is 0.313 e. The lowest BCUT2D eigenvalue weighted by atomic mass is 10.2. The van der Waals surface area contributed by atoms with Crippen molar-refractivity contribution in [3.05, 3.63) is 27.7 Å². The maximum atomic E-state index is 12.5. The maximum Gasteiger partial charge on any atom is 0.244 e. The lowest BCUT2D eigenvalue weighted by Gasteiger charge is -2.20. The van der Waals surface area contributed by atoms with E-state index in [1.54, 1.807) is 19.9 Å². The molecular formula is C13H20Cl2N2O2S. The van der Waals surface area contributed by atoms with Crippen LogP contribution in [-0.2, 0) is 16.6 Å². The fraction of sp³-hybridized carbons (Fsp3) is 0.538. The van der Waals surface area contributed by atoms with Gasteiger partial charge < -0.3 is 5.32 Å². The highest BCUT2D eigenvalue weighted by Gasteiger charge is 2.25. The predicted octanol–water partition coefficient (Wildman–Crippen LogP) is 3.13. The van der Waals surface area contributed by atoms with Crippen LogP contribution in [0.5, 0.6) is 0 Å². The molecule has 0 fully saturated rings. The van der Waals surface area contributed by atoms with Crippen LogP contribution in [0.4, 0.5) is 0 Å². The molecule has 1 aromatic rings. The van der Waals surface area contributed by atoms with Gasteiger partial charge in [-0.05, 0) is 24.2 Å². The van der Waals surface area contributed by atoms with Crippen molar-refractivity contribution in [2.24, 2.45) is 0 Å². The molecule has 114 valence electrons. The normalized spacial score (nSPS) is 12.1. The van der Waals surface area contributed by atoms with Crippen molar-refractivity contribution in [1.82, 2.24) is 9.62 Å². The lowest BCUT2D eigenvalue weighted by molar-refractivity contribution is 0.445. The average molecular weight is 339 g/mol. The highest BCUT2D eigenvalue weighted by molar-refractivity contribution is 7.89. The summed E-state index contributed by atoms with van der Waals surface area (Å²) in [6.07, 6.45) is 0. The number of halogens is 2. The second-order valence-electron chi connectivity index (χ2n) is 4.24. The number of nitrogens with one attached hydrogen (secondary N) is 1. The minimum absolute atomic E-state index is 0.111. The van der Waals surface area contributed by atoms with Crippen molar-refractivity contribution in [3.63, 3.8) is 0 Å². The quantitative estimate of drug-likeness (QED) is 0.830. The molecule has 1 N–H and O–H groups in total. The molecule has 4 nitrogen and oxygen atoms in total. The van der Waals surface area contributed by atoms with Crippen LogP contribution in [0.3, 0.4) is 0 Å². The highest BCUT2D eigenvalue weighted by Crippen LogP contribution is 2.30. The summed E-state index contributed by atoms with van der Waals surface area (Å²) in [7, 11) is -3.58. The Balaban J connectivity index is 3.30. The van der Waals surface area contributed by atoms with E-state index in [0.717, 1.165) is 12.1 Å². The molecule has 0 saturated heterocycles. The first-order valence-corrected chi connectivity index (χ1v) is 8.76. The van der Waals surface area contributed by atoms with Gasteiger partial charge in [-0.25, -0.2) is 8.42 Å². The number of sulfonamides is 1. The summed E-state index contributed by atoms with van der Waals surface area (Å²) in [5.41, 5.74) is 0.726. The van der Waals surface area contributed by atoms with Crippen LogP contribution < -0.4 is 5.32 Å². The summed E-state index contributed by atoms with van der Waals surface area (Å²) in [4.78, 5) is 0.111. The topological polar surface area (TPSA) is 49.4 Å². The number of benzene rings is 1. The van der Waals surface area contributed by atoms with Gasteiger partial charge in [0.2, 0.25) is 10.0 Å². The molecular weight excluding hydrogens is 319 g/mol. The summed E-state index contributed by atoms with van der Waals surface area (Å²) < 4.78 is 26.4. The van der Waals surface area contributed by atoms with Crippen LogP contribution >= 0.6 is 23.2 Å². The fourth-order valence-corrected chi connectivity index (χ4v) is 4.16. The zero-order chi connectivity index (χ0) is 15.3. The van der Waals surface area contributed by atoms with E-state index in [9.17, 15) is 8.42 Å². The second kappa shape index (κ2) is 7.61. The summed E-state index contributed by atoms with van der Waals surface area (Å²) >= 11 is 12.2. The van der Waals surface area contributed by atoms with Crippen LogP contribution in [0.2, 0.25) is 10.0 Å². The monoisotopic (exact) mass is 338 g/mol. The summed E-state index contributed by atoms with van der Waals surface area (Å²) in [5.74, 6) is 0. The molecule has 0 spiro atoms. The van der Waals surface area contributed by atoms with Gasteiger partial charge in [0.15, 0.2) is 0 Å². The van der Waals surface area contributed by atoms with E-state index >= 15 is 0 Å². The van der Waals surface area contributed by atoms with Crippen LogP contribution in [0.25, 0.3) is 0 Å². The van der Waals surface area contributed by atoms with Crippen LogP contribution in [0.1, 0.15) is 26.3 Å². The standard InChI is InChI=1S/C13H20Cl2N2O2S/c1-4-16-9-10-7-13(12(15)8-11(10)14)20(18,19)17(5-2)6-3/h7-8,16H,4-6,9H2,1-3H3. The predicted molar refractivity (Wildman–Crippen MR) is 83.9 cm³/mol. The minimum Gasteiger partial charge on any atom is -0.313 e. The summed E-state index contributed by atoms with van der Waals surface area (Å²) in [6.45, 7) is 7.65. The Bertz CT molecular complexity index is 558. The molecule has 0 aliphatic carbocycles. The SMILES string of the molecule is CCNCc1cc(S(=O)(=O)N(CC)CC)c(Cl)cc1Cl. The van der Waals surface area contributed by atoms with Gasteiger partial charge in [0.05, 0.1) is 5.02 Å². The molecule has 0 aliphatic heterocycles. The maximum absolute atomic E-state index is 12.5. The smallest absolute Gasteiger partial charge is 0.244 e. The molecule has 0 saturated carbocycles. The van der Waals surface area contributed by atoms with Crippen LogP contribution in [-0.4, -0.2) is 32.4 Å². The fourth-order valence-electron chi connectivity index (χ4n) is 1.87. The van der Waals surface area contributed by atoms with Crippen LogP contribution in [0, 0.1) is 0 Å². The Kier molecular flexibility index (Phi) is 6.75. The van der Waals surface area contributed by atoms with E-state index in [1.165, 1.54) is 10.4 Å². The number of hydrogen-bond donors (Lipinski definition) is 1. The van der Waals surface area contributed by atoms with E-state index in [1.807, 2.05) is 6.92 Å². The molecule has 0 heterocycles. The molecule has 20 heavy (non-hydrogen) atoms. The van der Waals surface area contributed by atoms with Crippen molar-refractivity contribution in [1.29, 1.82) is 0 Å². The third kappa shape index (κ3) is 3.86. The molecule has 0 bridgehead atoms. The Morgan fingerprint density at radius 2 is 1.70 bits per heavy atom. The van der Waals surface area contributed by atoms with Crippen molar-refractivity contribution in [3.8, 4) is 0 Å². The van der Waals surface area contributed by atoms with Gasteiger partial charge in [0.1, 0.15) is 4.90 Å². The van der Waals surface area contributed by atoms with E-state index in [-0.39, 0.29) is 9.92 Å². The van der Waals surface area contributed by atoms with E-state index in [4.69, 9.17) is 23.2 Å². The minimum atomic E-state index is -3.58. The molecule has 0 radical (unpaired) electrons. The Morgan fingerprint density at radius 1 is 1.10 bits per heavy atom. The third-order valence-electron chi connectivity index (χ3n) is 2.99. The third-order valence-corrected chi connectivity index (χ3v) is 5.86. The second-order valence-corrected chi connectivity index (χ2v) is 6.96. The van der Waals surface area contributed by atoms with Gasteiger partial charge in [-0.1, -0.05) is 44.0 Å². The Hall–Kier alpha value is -0.330. The number of nitrogens with zero attached hydrogens (tertiary/aromatic N) is 1. The molecule has 0 aliphatic rings. The van der Waals surface area contributed by atoms with Gasteiger partial charge in [-0.2, -0.15) is 4.31 Å². The van der Waals surface area contributed by atoms with Crippen LogP contribution in [0.15, 0.2) is 17.0 Å². The Morgan fingerprint density at radius 3 is 2.20 bits per heavy atom. The molecule has 7 heteroatoms. The average Bonchev–Trinajstić information content (AvgIpc) is 2.38. The molecule has 1 aromatic carbocycles. The number of hydrogen-bond acceptors (Lipinski definition) is 3. The van der Waals surface area contributed by atoms with Gasteiger partial charge in [0.25, 0.3) is 0 Å². The van der Waals surface area contributed by atoms with Crippen molar-refractivity contribution >= 4 is 33.2 Å². The van der Waals surface area contributed by atoms with Crippen molar-refractivity contribution in [2.45, 2.75) is 32.2 Å². The molecule has 0 unspecified atom stereocenters. The zero-order valence-electron chi connectivity index (χ0n) is 11.9. The molecule has 1 rings (SSSR count). The lowest BCUT2D eigenvalue weighted by Crippen LogP contribution is -2.31. The van der Waals surface area contributed by atoms with Crippen molar-refractivity contribution in [2.75, 3.05) is 19.6 Å². The summed E-state index contributed by atoms with van der Waals surface area (Å²) in [6, 6.07) is 3.05. The summed E-state index contributed by atoms with van der Waals surface area (Å²) in [5, 5.41) is 3.75. The molecule has 0 amide bonds. The van der Waals surface area contributed by atoms with E-state index in [0.29, 0.717) is 24.7 Å². The van der Waals surface area contributed by atoms with Gasteiger partial charge in [-0.15, -0.1) is 0 Å². The molecule has 0 aromatic heterocycles. The number of rotatable bonds is 7. The molecule has 0 atom stereocenters. The van der Waals surface area contributed by atoms with Crippen molar-refractivity contribution < 1.29 is 8.42 Å².